The van der Waals surface area contributed by atoms with Crippen molar-refractivity contribution in [2.45, 2.75) is 38.9 Å². The van der Waals surface area contributed by atoms with Crippen LogP contribution in [0.2, 0.25) is 0 Å². The average Bonchev–Trinajstić information content (AvgIpc) is 2.60. The van der Waals surface area contributed by atoms with Crippen molar-refractivity contribution in [1.29, 1.82) is 0 Å². The Balaban J connectivity index is 1.86. The third-order valence-corrected chi connectivity index (χ3v) is 4.95. The number of benzene rings is 2. The molecule has 0 bridgehead atoms. The third kappa shape index (κ3) is 2.68. The Morgan fingerprint density at radius 2 is 1.85 bits per heavy atom. The minimum absolute atomic E-state index is 0.0130. The van der Waals surface area contributed by atoms with Crippen LogP contribution in [0.3, 0.4) is 0 Å². The van der Waals surface area contributed by atoms with E-state index in [9.17, 15) is 20.1 Å². The molecular weight excluding hydrogens is 348 g/mol. The molecule has 4 rings (SSSR count). The molecule has 0 aliphatic carbocycles. The van der Waals surface area contributed by atoms with E-state index in [0.29, 0.717) is 22.4 Å². The highest BCUT2D eigenvalue weighted by Gasteiger charge is 2.37. The summed E-state index contributed by atoms with van der Waals surface area (Å²) in [7, 11) is 0. The lowest BCUT2D eigenvalue weighted by Crippen LogP contribution is -2.29. The number of phenols is 3. The van der Waals surface area contributed by atoms with E-state index in [0.717, 1.165) is 0 Å². The molecule has 0 unspecified atom stereocenters. The fourth-order valence-electron chi connectivity index (χ4n) is 3.47. The second-order valence-electron chi connectivity index (χ2n) is 7.44. The summed E-state index contributed by atoms with van der Waals surface area (Å²) < 4.78 is 12.1. The molecule has 1 atom stereocenters. The zero-order valence-electron chi connectivity index (χ0n) is 15.2. The van der Waals surface area contributed by atoms with Crippen molar-refractivity contribution in [1.82, 2.24) is 0 Å². The van der Waals surface area contributed by atoms with Gasteiger partial charge in [0.15, 0.2) is 17.3 Å². The molecule has 6 nitrogen and oxygen atoms in total. The monoisotopic (exact) mass is 368 g/mol. The maximum atomic E-state index is 12.8. The fraction of sp³-hybridized carbons (Fsp3) is 0.286. The van der Waals surface area contributed by atoms with E-state index < -0.39 is 11.7 Å². The highest BCUT2D eigenvalue weighted by Crippen LogP contribution is 2.51. The summed E-state index contributed by atoms with van der Waals surface area (Å²) in [6.07, 6.45) is 3.08. The van der Waals surface area contributed by atoms with E-state index in [4.69, 9.17) is 9.47 Å². The Labute approximate surface area is 156 Å². The van der Waals surface area contributed by atoms with Crippen LogP contribution in [0.5, 0.6) is 28.7 Å². The minimum Gasteiger partial charge on any atom is -0.507 e. The molecule has 2 aliphatic heterocycles. The molecule has 6 heteroatoms. The van der Waals surface area contributed by atoms with Crippen LogP contribution < -0.4 is 9.47 Å². The molecule has 0 spiro atoms. The van der Waals surface area contributed by atoms with Gasteiger partial charge in [0.05, 0.1) is 12.0 Å². The summed E-state index contributed by atoms with van der Waals surface area (Å²) >= 11 is 0. The standard InChI is InChI=1S/C21H20O6/c1-10-18(25)17-15(24)9-16(11-4-5-13(22)14(23)8-11)26-20(17)12-6-7-21(2,3)27-19(10)12/h4-8,16,22-23,25H,9H2,1-3H3/t16-/m0/s1. The largest absolute Gasteiger partial charge is 0.507 e. The first-order valence-electron chi connectivity index (χ1n) is 8.67. The summed E-state index contributed by atoms with van der Waals surface area (Å²) in [6.45, 7) is 5.51. The van der Waals surface area contributed by atoms with Crippen LogP contribution in [0.1, 0.15) is 53.4 Å². The van der Waals surface area contributed by atoms with E-state index in [-0.39, 0.29) is 40.8 Å². The second kappa shape index (κ2) is 5.67. The van der Waals surface area contributed by atoms with Crippen molar-refractivity contribution in [3.8, 4) is 28.7 Å². The highest BCUT2D eigenvalue weighted by atomic mass is 16.5. The van der Waals surface area contributed by atoms with E-state index in [1.54, 1.807) is 13.0 Å². The van der Waals surface area contributed by atoms with Gasteiger partial charge in [-0.15, -0.1) is 0 Å². The SMILES string of the molecule is Cc1c(O)c2c(c3c1OC(C)(C)C=C3)O[C@H](c1ccc(O)c(O)c1)CC2=O. The number of hydrogen-bond donors (Lipinski definition) is 3. The maximum absolute atomic E-state index is 12.8. The number of carbonyl (C=O) groups excluding carboxylic acids is 1. The predicted octanol–water partition coefficient (Wildman–Crippen LogP) is 4.00. The van der Waals surface area contributed by atoms with E-state index in [2.05, 4.69) is 0 Å². The summed E-state index contributed by atoms with van der Waals surface area (Å²) in [5.41, 5.74) is 1.27. The van der Waals surface area contributed by atoms with Crippen LogP contribution in [-0.2, 0) is 0 Å². The number of rotatable bonds is 1. The van der Waals surface area contributed by atoms with Gasteiger partial charge in [0.2, 0.25) is 0 Å². The van der Waals surface area contributed by atoms with Crippen LogP contribution in [0.4, 0.5) is 0 Å². The normalized spacial score (nSPS) is 19.7. The maximum Gasteiger partial charge on any atom is 0.174 e. The lowest BCUT2D eigenvalue weighted by molar-refractivity contribution is 0.0840. The number of ketones is 1. The number of phenolic OH excluding ortho intramolecular Hbond substituents is 3. The fourth-order valence-corrected chi connectivity index (χ4v) is 3.47. The van der Waals surface area contributed by atoms with Crippen molar-refractivity contribution < 1.29 is 29.6 Å². The van der Waals surface area contributed by atoms with Gasteiger partial charge in [-0.05, 0) is 50.6 Å². The van der Waals surface area contributed by atoms with Gasteiger partial charge < -0.3 is 24.8 Å². The lowest BCUT2D eigenvalue weighted by Gasteiger charge is -2.34. The van der Waals surface area contributed by atoms with Crippen LogP contribution in [0.25, 0.3) is 6.08 Å². The minimum atomic E-state index is -0.647. The number of hydrogen-bond acceptors (Lipinski definition) is 6. The van der Waals surface area contributed by atoms with Crippen LogP contribution in [0.15, 0.2) is 24.3 Å². The molecule has 0 amide bonds. The number of Topliss-reactive ketones (excluding diaryl/α,β-unsaturated/α-hetero) is 1. The molecule has 2 aromatic rings. The van der Waals surface area contributed by atoms with Crippen LogP contribution >= 0.6 is 0 Å². The lowest BCUT2D eigenvalue weighted by atomic mass is 9.89. The zero-order valence-corrected chi connectivity index (χ0v) is 15.2. The van der Waals surface area contributed by atoms with E-state index in [1.807, 2.05) is 26.0 Å². The summed E-state index contributed by atoms with van der Waals surface area (Å²) in [5, 5.41) is 29.9. The third-order valence-electron chi connectivity index (χ3n) is 4.95. The Bertz CT molecular complexity index is 1000. The van der Waals surface area contributed by atoms with Gasteiger partial charge >= 0.3 is 0 Å². The topological polar surface area (TPSA) is 96.2 Å². The molecule has 3 N–H and O–H groups in total. The average molecular weight is 368 g/mol. The first-order chi connectivity index (χ1) is 12.7. The molecule has 2 aromatic carbocycles. The molecule has 0 saturated heterocycles. The van der Waals surface area contributed by atoms with E-state index >= 15 is 0 Å². The van der Waals surface area contributed by atoms with Gasteiger partial charge in [-0.25, -0.2) is 0 Å². The van der Waals surface area contributed by atoms with Gasteiger partial charge in [0.1, 0.15) is 34.5 Å². The van der Waals surface area contributed by atoms with Crippen molar-refractivity contribution in [2.75, 3.05) is 0 Å². The Morgan fingerprint density at radius 3 is 2.56 bits per heavy atom. The van der Waals surface area contributed by atoms with Crippen molar-refractivity contribution in [3.63, 3.8) is 0 Å². The van der Waals surface area contributed by atoms with Crippen LogP contribution in [0, 0.1) is 6.92 Å². The Kier molecular flexibility index (Phi) is 3.63. The van der Waals surface area contributed by atoms with Crippen molar-refractivity contribution in [2.24, 2.45) is 0 Å². The highest BCUT2D eigenvalue weighted by molar-refractivity contribution is 6.05. The molecule has 0 radical (unpaired) electrons. The summed E-state index contributed by atoms with van der Waals surface area (Å²) in [5.74, 6) is -0.157. The summed E-state index contributed by atoms with van der Waals surface area (Å²) in [6, 6.07) is 4.31. The molecule has 0 saturated carbocycles. The first-order valence-corrected chi connectivity index (χ1v) is 8.67. The molecular formula is C21H20O6. The smallest absolute Gasteiger partial charge is 0.174 e. The van der Waals surface area contributed by atoms with Gasteiger partial charge in [0, 0.05) is 5.56 Å². The van der Waals surface area contributed by atoms with Gasteiger partial charge in [-0.2, -0.15) is 0 Å². The quantitative estimate of drug-likeness (QED) is 0.659. The van der Waals surface area contributed by atoms with Crippen molar-refractivity contribution in [3.05, 3.63) is 46.5 Å². The molecule has 0 aromatic heterocycles. The summed E-state index contributed by atoms with van der Waals surface area (Å²) in [4.78, 5) is 12.8. The Hall–Kier alpha value is -3.15. The molecule has 2 aliphatic rings. The number of ether oxygens (including phenoxy) is 2. The van der Waals surface area contributed by atoms with Gasteiger partial charge in [-0.1, -0.05) is 6.07 Å². The molecule has 27 heavy (non-hydrogen) atoms. The Morgan fingerprint density at radius 1 is 1.11 bits per heavy atom. The number of aromatic hydroxyl groups is 3. The van der Waals surface area contributed by atoms with Gasteiger partial charge in [0.25, 0.3) is 0 Å². The molecule has 2 heterocycles. The van der Waals surface area contributed by atoms with E-state index in [1.165, 1.54) is 12.1 Å². The van der Waals surface area contributed by atoms with Crippen LogP contribution in [-0.4, -0.2) is 26.7 Å². The zero-order chi connectivity index (χ0) is 19.5. The molecule has 140 valence electrons. The first kappa shape index (κ1) is 17.3. The number of fused-ring (bicyclic) bond motifs is 3. The number of carbonyl (C=O) groups is 1. The van der Waals surface area contributed by atoms with Gasteiger partial charge in [-0.3, -0.25) is 4.79 Å². The molecule has 0 fully saturated rings. The van der Waals surface area contributed by atoms with Crippen molar-refractivity contribution >= 4 is 11.9 Å². The predicted molar refractivity (Wildman–Crippen MR) is 98.7 cm³/mol. The second-order valence-corrected chi connectivity index (χ2v) is 7.44.